The first kappa shape index (κ1) is 9.66. The molecule has 1 saturated carbocycles. The van der Waals surface area contributed by atoms with E-state index in [1.54, 1.807) is 6.07 Å². The van der Waals surface area contributed by atoms with Crippen LogP contribution in [-0.2, 0) is 0 Å². The molecule has 0 aromatic heterocycles. The molecule has 1 atom stereocenters. The van der Waals surface area contributed by atoms with Crippen molar-refractivity contribution in [3.63, 3.8) is 0 Å². The van der Waals surface area contributed by atoms with Crippen molar-refractivity contribution in [1.29, 1.82) is 0 Å². The summed E-state index contributed by atoms with van der Waals surface area (Å²) in [6.07, 6.45) is 3.65. The van der Waals surface area contributed by atoms with Gasteiger partial charge in [0, 0.05) is 6.04 Å². The highest BCUT2D eigenvalue weighted by atomic mass is 19.1. The van der Waals surface area contributed by atoms with Gasteiger partial charge in [0.05, 0.1) is 0 Å². The third kappa shape index (κ3) is 1.67. The smallest absolute Gasteiger partial charge is 0.123 e. The van der Waals surface area contributed by atoms with Gasteiger partial charge in [0.25, 0.3) is 0 Å². The highest BCUT2D eigenvalue weighted by molar-refractivity contribution is 5.30. The van der Waals surface area contributed by atoms with Gasteiger partial charge in [-0.25, -0.2) is 4.39 Å². The van der Waals surface area contributed by atoms with Gasteiger partial charge in [-0.05, 0) is 48.9 Å². The Morgan fingerprint density at radius 2 is 2.14 bits per heavy atom. The zero-order valence-corrected chi connectivity index (χ0v) is 8.46. The van der Waals surface area contributed by atoms with Crippen LogP contribution < -0.4 is 5.73 Å². The topological polar surface area (TPSA) is 26.0 Å². The van der Waals surface area contributed by atoms with Crippen molar-refractivity contribution < 1.29 is 4.39 Å². The Morgan fingerprint density at radius 3 is 2.71 bits per heavy atom. The monoisotopic (exact) mass is 193 g/mol. The molecule has 1 aliphatic carbocycles. The standard InChI is InChI=1S/C12H16FN/c1-8-5-6-10(13)7-11(8)12(14)9-3-2-4-9/h5-7,9,12H,2-4,14H2,1H3/t12-/m1/s1. The Kier molecular flexibility index (Phi) is 2.55. The molecule has 76 valence electrons. The second kappa shape index (κ2) is 3.70. The number of aryl methyl sites for hydroxylation is 1. The first-order chi connectivity index (χ1) is 6.68. The fourth-order valence-electron chi connectivity index (χ4n) is 2.02. The Hall–Kier alpha value is -0.890. The summed E-state index contributed by atoms with van der Waals surface area (Å²) in [5, 5.41) is 0. The van der Waals surface area contributed by atoms with Crippen LogP contribution in [0, 0.1) is 18.7 Å². The molecule has 14 heavy (non-hydrogen) atoms. The van der Waals surface area contributed by atoms with Gasteiger partial charge in [0.1, 0.15) is 5.82 Å². The maximum atomic E-state index is 13.0. The van der Waals surface area contributed by atoms with Gasteiger partial charge in [0.2, 0.25) is 0 Å². The van der Waals surface area contributed by atoms with Crippen molar-refractivity contribution in [3.05, 3.63) is 35.1 Å². The molecule has 0 saturated heterocycles. The van der Waals surface area contributed by atoms with E-state index in [4.69, 9.17) is 5.73 Å². The molecule has 1 nitrogen and oxygen atoms in total. The molecule has 0 heterocycles. The minimum Gasteiger partial charge on any atom is -0.324 e. The fraction of sp³-hybridized carbons (Fsp3) is 0.500. The van der Waals surface area contributed by atoms with E-state index in [1.807, 2.05) is 13.0 Å². The molecule has 0 radical (unpaired) electrons. The van der Waals surface area contributed by atoms with Gasteiger partial charge in [-0.3, -0.25) is 0 Å². The molecule has 2 rings (SSSR count). The minimum atomic E-state index is -0.180. The van der Waals surface area contributed by atoms with E-state index >= 15 is 0 Å². The molecule has 1 fully saturated rings. The molecule has 1 aromatic carbocycles. The maximum absolute atomic E-state index is 13.0. The third-order valence-electron chi connectivity index (χ3n) is 3.26. The summed E-state index contributed by atoms with van der Waals surface area (Å²) in [6, 6.07) is 4.91. The number of nitrogens with two attached hydrogens (primary N) is 1. The van der Waals surface area contributed by atoms with Gasteiger partial charge < -0.3 is 5.73 Å². The highest BCUT2D eigenvalue weighted by Gasteiger charge is 2.26. The van der Waals surface area contributed by atoms with Crippen molar-refractivity contribution in [1.82, 2.24) is 0 Å². The third-order valence-corrected chi connectivity index (χ3v) is 3.26. The summed E-state index contributed by atoms with van der Waals surface area (Å²) in [5.74, 6) is 0.385. The van der Waals surface area contributed by atoms with E-state index < -0.39 is 0 Å². The van der Waals surface area contributed by atoms with E-state index in [0.717, 1.165) is 11.1 Å². The average molecular weight is 193 g/mol. The van der Waals surface area contributed by atoms with Crippen molar-refractivity contribution >= 4 is 0 Å². The largest absolute Gasteiger partial charge is 0.324 e. The summed E-state index contributed by atoms with van der Waals surface area (Å²) < 4.78 is 13.0. The van der Waals surface area contributed by atoms with Crippen LogP contribution in [-0.4, -0.2) is 0 Å². The van der Waals surface area contributed by atoms with Crippen LogP contribution in [0.15, 0.2) is 18.2 Å². The van der Waals surface area contributed by atoms with Crippen LogP contribution in [0.5, 0.6) is 0 Å². The average Bonchev–Trinajstić information content (AvgIpc) is 2.06. The first-order valence-electron chi connectivity index (χ1n) is 5.20. The van der Waals surface area contributed by atoms with E-state index in [2.05, 4.69) is 0 Å². The van der Waals surface area contributed by atoms with Crippen LogP contribution in [0.2, 0.25) is 0 Å². The quantitative estimate of drug-likeness (QED) is 0.767. The molecular weight excluding hydrogens is 177 g/mol. The second-order valence-electron chi connectivity index (χ2n) is 4.22. The molecule has 0 amide bonds. The van der Waals surface area contributed by atoms with Crippen molar-refractivity contribution in [2.45, 2.75) is 32.2 Å². The first-order valence-corrected chi connectivity index (χ1v) is 5.20. The second-order valence-corrected chi connectivity index (χ2v) is 4.22. The number of hydrogen-bond donors (Lipinski definition) is 1. The van der Waals surface area contributed by atoms with E-state index in [-0.39, 0.29) is 11.9 Å². The van der Waals surface area contributed by atoms with Crippen molar-refractivity contribution in [3.8, 4) is 0 Å². The van der Waals surface area contributed by atoms with Gasteiger partial charge in [0.15, 0.2) is 0 Å². The van der Waals surface area contributed by atoms with Gasteiger partial charge in [-0.1, -0.05) is 12.5 Å². The molecular formula is C12H16FN. The van der Waals surface area contributed by atoms with Crippen LogP contribution in [0.4, 0.5) is 4.39 Å². The van der Waals surface area contributed by atoms with Gasteiger partial charge >= 0.3 is 0 Å². The number of halogens is 1. The van der Waals surface area contributed by atoms with Crippen LogP contribution >= 0.6 is 0 Å². The lowest BCUT2D eigenvalue weighted by atomic mass is 9.77. The molecule has 1 aromatic rings. The van der Waals surface area contributed by atoms with E-state index in [9.17, 15) is 4.39 Å². The Morgan fingerprint density at radius 1 is 1.43 bits per heavy atom. The fourth-order valence-corrected chi connectivity index (χ4v) is 2.02. The Bertz CT molecular complexity index is 331. The summed E-state index contributed by atoms with van der Waals surface area (Å²) >= 11 is 0. The number of benzene rings is 1. The highest BCUT2D eigenvalue weighted by Crippen LogP contribution is 2.37. The number of hydrogen-bond acceptors (Lipinski definition) is 1. The van der Waals surface area contributed by atoms with Crippen molar-refractivity contribution in [2.24, 2.45) is 11.7 Å². The van der Waals surface area contributed by atoms with E-state index in [0.29, 0.717) is 5.92 Å². The van der Waals surface area contributed by atoms with Gasteiger partial charge in [-0.15, -0.1) is 0 Å². The molecule has 2 N–H and O–H groups in total. The molecule has 2 heteroatoms. The Labute approximate surface area is 84.1 Å². The molecule has 0 bridgehead atoms. The summed E-state index contributed by atoms with van der Waals surface area (Å²) in [6.45, 7) is 1.99. The number of rotatable bonds is 2. The predicted molar refractivity (Wildman–Crippen MR) is 55.4 cm³/mol. The minimum absolute atomic E-state index is 0.0273. The Balaban J connectivity index is 2.24. The SMILES string of the molecule is Cc1ccc(F)cc1[C@H](N)C1CCC1. The van der Waals surface area contributed by atoms with Crippen LogP contribution in [0.25, 0.3) is 0 Å². The zero-order valence-electron chi connectivity index (χ0n) is 8.46. The molecule has 0 spiro atoms. The summed E-state index contributed by atoms with van der Waals surface area (Å²) in [5.41, 5.74) is 8.19. The molecule has 0 unspecified atom stereocenters. The van der Waals surface area contributed by atoms with Gasteiger partial charge in [-0.2, -0.15) is 0 Å². The summed E-state index contributed by atoms with van der Waals surface area (Å²) in [4.78, 5) is 0. The van der Waals surface area contributed by atoms with Crippen LogP contribution in [0.1, 0.15) is 36.4 Å². The zero-order chi connectivity index (χ0) is 10.1. The lowest BCUT2D eigenvalue weighted by Gasteiger charge is -2.32. The lowest BCUT2D eigenvalue weighted by Crippen LogP contribution is -2.27. The lowest BCUT2D eigenvalue weighted by molar-refractivity contribution is 0.263. The van der Waals surface area contributed by atoms with E-state index in [1.165, 1.54) is 25.3 Å². The maximum Gasteiger partial charge on any atom is 0.123 e. The summed E-state index contributed by atoms with van der Waals surface area (Å²) in [7, 11) is 0. The molecule has 1 aliphatic rings. The molecule has 0 aliphatic heterocycles. The predicted octanol–water partition coefficient (Wildman–Crippen LogP) is 2.93. The van der Waals surface area contributed by atoms with Crippen LogP contribution in [0.3, 0.4) is 0 Å². The van der Waals surface area contributed by atoms with Crippen molar-refractivity contribution in [2.75, 3.05) is 0 Å². The normalized spacial score (nSPS) is 19.1.